The summed E-state index contributed by atoms with van der Waals surface area (Å²) in [6, 6.07) is 17.5. The van der Waals surface area contributed by atoms with E-state index < -0.39 is 5.91 Å². The molecule has 0 fully saturated rings. The fraction of sp³-hybridized carbons (Fsp3) is 0.130. The van der Waals surface area contributed by atoms with Crippen LogP contribution in [0.5, 0.6) is 11.5 Å². The first-order chi connectivity index (χ1) is 15.0. The lowest BCUT2D eigenvalue weighted by molar-refractivity contribution is 0.0955. The Kier molecular flexibility index (Phi) is 8.18. The average molecular weight is 478 g/mol. The van der Waals surface area contributed by atoms with Gasteiger partial charge in [0.05, 0.1) is 22.9 Å². The number of hydrogen-bond donors (Lipinski definition) is 1. The maximum Gasteiger partial charge on any atom is 0.271 e. The van der Waals surface area contributed by atoms with E-state index in [1.54, 1.807) is 30.3 Å². The van der Waals surface area contributed by atoms with E-state index >= 15 is 0 Å². The molecular formula is C23H19Cl3N2O3. The lowest BCUT2D eigenvalue weighted by atomic mass is 10.2. The van der Waals surface area contributed by atoms with Gasteiger partial charge in [0.1, 0.15) is 6.61 Å². The zero-order chi connectivity index (χ0) is 22.2. The van der Waals surface area contributed by atoms with Gasteiger partial charge in [-0.2, -0.15) is 5.10 Å². The topological polar surface area (TPSA) is 59.9 Å². The first-order valence-corrected chi connectivity index (χ1v) is 10.5. The van der Waals surface area contributed by atoms with Gasteiger partial charge in [0.2, 0.25) is 0 Å². The lowest BCUT2D eigenvalue weighted by Crippen LogP contribution is -2.17. The summed E-state index contributed by atoms with van der Waals surface area (Å²) in [6.45, 7) is 2.67. The van der Waals surface area contributed by atoms with Gasteiger partial charge in [-0.1, -0.05) is 53.0 Å². The minimum atomic E-state index is -0.403. The van der Waals surface area contributed by atoms with Crippen molar-refractivity contribution in [2.75, 3.05) is 6.61 Å². The number of ether oxygens (including phenoxy) is 2. The third kappa shape index (κ3) is 6.37. The average Bonchev–Trinajstić information content (AvgIpc) is 2.76. The zero-order valence-corrected chi connectivity index (χ0v) is 18.8. The summed E-state index contributed by atoms with van der Waals surface area (Å²) in [5.74, 6) is 0.743. The summed E-state index contributed by atoms with van der Waals surface area (Å²) in [5, 5.41) is 5.31. The summed E-state index contributed by atoms with van der Waals surface area (Å²) in [7, 11) is 0. The van der Waals surface area contributed by atoms with Gasteiger partial charge in [-0.15, -0.1) is 0 Å². The second-order valence-electron chi connectivity index (χ2n) is 6.35. The molecule has 0 spiro atoms. The van der Waals surface area contributed by atoms with Crippen LogP contribution < -0.4 is 14.9 Å². The highest BCUT2D eigenvalue weighted by Gasteiger charge is 2.09. The molecular weight excluding hydrogens is 459 g/mol. The monoisotopic (exact) mass is 476 g/mol. The molecule has 0 heterocycles. The molecule has 5 nitrogen and oxygen atoms in total. The Hall–Kier alpha value is -2.73. The minimum Gasteiger partial charge on any atom is -0.490 e. The Morgan fingerprint density at radius 1 is 0.935 bits per heavy atom. The van der Waals surface area contributed by atoms with Crippen LogP contribution >= 0.6 is 34.8 Å². The third-order valence-corrected chi connectivity index (χ3v) is 5.28. The van der Waals surface area contributed by atoms with Gasteiger partial charge >= 0.3 is 0 Å². The van der Waals surface area contributed by atoms with Crippen LogP contribution in [0.3, 0.4) is 0 Å². The van der Waals surface area contributed by atoms with E-state index in [0.29, 0.717) is 45.3 Å². The molecule has 0 bridgehead atoms. The molecule has 0 radical (unpaired) electrons. The van der Waals surface area contributed by atoms with Gasteiger partial charge < -0.3 is 9.47 Å². The highest BCUT2D eigenvalue weighted by atomic mass is 35.5. The van der Waals surface area contributed by atoms with Crippen molar-refractivity contribution in [2.24, 2.45) is 5.10 Å². The van der Waals surface area contributed by atoms with Gasteiger partial charge in [-0.3, -0.25) is 4.79 Å². The van der Waals surface area contributed by atoms with Gasteiger partial charge in [0.15, 0.2) is 11.5 Å². The van der Waals surface area contributed by atoms with E-state index in [-0.39, 0.29) is 0 Å². The van der Waals surface area contributed by atoms with E-state index in [4.69, 9.17) is 44.3 Å². The predicted octanol–water partition coefficient (Wildman–Crippen LogP) is 6.39. The number of rotatable bonds is 8. The van der Waals surface area contributed by atoms with Crippen LogP contribution in [0.1, 0.15) is 28.4 Å². The quantitative estimate of drug-likeness (QED) is 0.302. The van der Waals surface area contributed by atoms with Crippen LogP contribution in [0, 0.1) is 0 Å². The molecule has 3 rings (SSSR count). The summed E-state index contributed by atoms with van der Waals surface area (Å²) in [5.41, 5.74) is 4.41. The Morgan fingerprint density at radius 2 is 1.74 bits per heavy atom. The first kappa shape index (κ1) is 22.9. The lowest BCUT2D eigenvalue weighted by Gasteiger charge is -2.13. The number of nitrogens with zero attached hydrogens (tertiary/aromatic N) is 1. The van der Waals surface area contributed by atoms with Crippen molar-refractivity contribution in [2.45, 2.75) is 13.5 Å². The number of benzene rings is 3. The number of nitrogens with one attached hydrogen (secondary N) is 1. The van der Waals surface area contributed by atoms with Crippen molar-refractivity contribution in [1.82, 2.24) is 5.43 Å². The van der Waals surface area contributed by atoms with Crippen LogP contribution in [-0.2, 0) is 6.61 Å². The maximum absolute atomic E-state index is 12.2. The fourth-order valence-electron chi connectivity index (χ4n) is 2.63. The molecule has 0 aliphatic heterocycles. The van der Waals surface area contributed by atoms with Gasteiger partial charge in [-0.05, 0) is 55.0 Å². The van der Waals surface area contributed by atoms with E-state index in [2.05, 4.69) is 10.5 Å². The zero-order valence-electron chi connectivity index (χ0n) is 16.6. The Labute approximate surface area is 195 Å². The maximum atomic E-state index is 12.2. The predicted molar refractivity (Wildman–Crippen MR) is 125 cm³/mol. The van der Waals surface area contributed by atoms with Crippen molar-refractivity contribution in [3.63, 3.8) is 0 Å². The van der Waals surface area contributed by atoms with Crippen LogP contribution in [0.25, 0.3) is 0 Å². The van der Waals surface area contributed by atoms with E-state index in [0.717, 1.165) is 11.1 Å². The Balaban J connectivity index is 1.67. The number of halogens is 3. The third-order valence-electron chi connectivity index (χ3n) is 4.17. The smallest absolute Gasteiger partial charge is 0.271 e. The van der Waals surface area contributed by atoms with Crippen molar-refractivity contribution >= 4 is 46.9 Å². The number of hydrogen-bond acceptors (Lipinski definition) is 4. The molecule has 3 aromatic carbocycles. The van der Waals surface area contributed by atoms with Crippen molar-refractivity contribution in [1.29, 1.82) is 0 Å². The molecule has 0 atom stereocenters. The van der Waals surface area contributed by atoms with Gasteiger partial charge in [-0.25, -0.2) is 5.43 Å². The largest absolute Gasteiger partial charge is 0.490 e. The summed E-state index contributed by atoms with van der Waals surface area (Å²) < 4.78 is 11.6. The number of carbonyl (C=O) groups is 1. The highest BCUT2D eigenvalue weighted by Crippen LogP contribution is 2.29. The molecule has 0 aliphatic carbocycles. The van der Waals surface area contributed by atoms with Crippen LogP contribution in [0.2, 0.25) is 15.1 Å². The van der Waals surface area contributed by atoms with Crippen LogP contribution in [-0.4, -0.2) is 18.7 Å². The SMILES string of the molecule is CCOc1cc(/C=N\NC(=O)c2ccc(Cl)c(Cl)c2)ccc1OCc1ccccc1Cl. The van der Waals surface area contributed by atoms with Crippen molar-refractivity contribution in [3.8, 4) is 11.5 Å². The number of hydrazone groups is 1. The number of carbonyl (C=O) groups excluding carboxylic acids is 1. The molecule has 160 valence electrons. The Bertz CT molecular complexity index is 1100. The van der Waals surface area contributed by atoms with E-state index in [1.807, 2.05) is 31.2 Å². The molecule has 0 saturated heterocycles. The minimum absolute atomic E-state index is 0.298. The van der Waals surface area contributed by atoms with Crippen molar-refractivity contribution < 1.29 is 14.3 Å². The second-order valence-corrected chi connectivity index (χ2v) is 7.57. The molecule has 31 heavy (non-hydrogen) atoms. The fourth-order valence-corrected chi connectivity index (χ4v) is 3.12. The molecule has 1 amide bonds. The highest BCUT2D eigenvalue weighted by molar-refractivity contribution is 6.42. The summed E-state index contributed by atoms with van der Waals surface area (Å²) in [6.07, 6.45) is 1.51. The summed E-state index contributed by atoms with van der Waals surface area (Å²) in [4.78, 5) is 12.2. The molecule has 0 unspecified atom stereocenters. The van der Waals surface area contributed by atoms with Gasteiger partial charge in [0, 0.05) is 16.1 Å². The molecule has 1 N–H and O–H groups in total. The Morgan fingerprint density at radius 3 is 2.48 bits per heavy atom. The molecule has 0 saturated carbocycles. The standard InChI is InChI=1S/C23H19Cl3N2O3/c1-2-30-22-11-15(7-10-21(22)31-14-17-5-3-4-6-18(17)24)13-27-28-23(29)16-8-9-19(25)20(26)12-16/h3-13H,2,14H2,1H3,(H,28,29)/b27-13-. The molecule has 0 aromatic heterocycles. The number of amides is 1. The van der Waals surface area contributed by atoms with Gasteiger partial charge in [0.25, 0.3) is 5.91 Å². The first-order valence-electron chi connectivity index (χ1n) is 9.39. The molecule has 0 aliphatic rings. The van der Waals surface area contributed by atoms with E-state index in [1.165, 1.54) is 12.3 Å². The molecule has 8 heteroatoms. The van der Waals surface area contributed by atoms with Crippen LogP contribution in [0.15, 0.2) is 65.8 Å². The van der Waals surface area contributed by atoms with E-state index in [9.17, 15) is 4.79 Å². The second kappa shape index (κ2) is 11.0. The summed E-state index contributed by atoms with van der Waals surface area (Å²) >= 11 is 18.0. The molecule has 3 aromatic rings. The normalized spacial score (nSPS) is 10.8. The van der Waals surface area contributed by atoms with Crippen LogP contribution in [0.4, 0.5) is 0 Å². The van der Waals surface area contributed by atoms with Crippen molar-refractivity contribution in [3.05, 3.63) is 92.4 Å².